The van der Waals surface area contributed by atoms with E-state index < -0.39 is 29.0 Å². The van der Waals surface area contributed by atoms with Gasteiger partial charge in [0.25, 0.3) is 0 Å². The Labute approximate surface area is 194 Å². The molecule has 8 heteroatoms. The van der Waals surface area contributed by atoms with E-state index in [4.69, 9.17) is 28.4 Å². The van der Waals surface area contributed by atoms with Gasteiger partial charge in [-0.25, -0.2) is 0 Å². The number of methoxy groups -OCH3 is 5. The number of hydrogen-bond donors (Lipinski definition) is 0. The zero-order chi connectivity index (χ0) is 24.6. The van der Waals surface area contributed by atoms with E-state index in [-0.39, 0.29) is 11.7 Å². The second-order valence-corrected chi connectivity index (χ2v) is 8.32. The summed E-state index contributed by atoms with van der Waals surface area (Å²) in [6.07, 6.45) is 2.79. The van der Waals surface area contributed by atoms with Crippen LogP contribution in [0.15, 0.2) is 36.6 Å². The van der Waals surface area contributed by atoms with Crippen LogP contribution in [0.4, 0.5) is 0 Å². The number of carbonyl (C=O) groups excluding carboxylic acids is 2. The molecule has 2 aliphatic carbocycles. The number of carbonyl (C=O) groups is 2. The summed E-state index contributed by atoms with van der Waals surface area (Å²) in [5, 5.41) is 0. The standard InChI is InChI=1S/C25H32O8/c1-9-10-24-13-19(30-6)22(33-15(3)26)25(32-8,23(24)27)20(14(24)2)16-11-17(28-4)21(31-7)18(12-16)29-5/h9,11-14,20,22H,1,10H2,2-8H3/t14-,20+,22+,24+,25-/m0/s1. The lowest BCUT2D eigenvalue weighted by molar-refractivity contribution is -0.177. The fraction of sp³-hybridized carbons (Fsp3) is 0.520. The van der Waals surface area contributed by atoms with Gasteiger partial charge in [0.15, 0.2) is 29.0 Å². The molecule has 0 spiro atoms. The number of Topliss-reactive ketones (excluding diaryl/α,β-unsaturated/α-hetero) is 1. The van der Waals surface area contributed by atoms with Crippen LogP contribution in [0.3, 0.4) is 0 Å². The summed E-state index contributed by atoms with van der Waals surface area (Å²) in [4.78, 5) is 26.3. The number of benzene rings is 1. The number of ether oxygens (including phenoxy) is 6. The van der Waals surface area contributed by atoms with Crippen LogP contribution in [0.5, 0.6) is 17.2 Å². The summed E-state index contributed by atoms with van der Waals surface area (Å²) in [7, 11) is 7.52. The van der Waals surface area contributed by atoms with E-state index in [1.165, 1.54) is 42.5 Å². The minimum atomic E-state index is -1.53. The highest BCUT2D eigenvalue weighted by molar-refractivity contribution is 6.01. The summed E-state index contributed by atoms with van der Waals surface area (Å²) in [6.45, 7) is 7.15. The first-order valence-corrected chi connectivity index (χ1v) is 10.7. The summed E-state index contributed by atoms with van der Waals surface area (Å²) >= 11 is 0. The average molecular weight is 461 g/mol. The van der Waals surface area contributed by atoms with Crippen LogP contribution >= 0.6 is 0 Å². The third-order valence-corrected chi connectivity index (χ3v) is 6.99. The van der Waals surface area contributed by atoms with Crippen LogP contribution in [-0.4, -0.2) is 59.0 Å². The fourth-order valence-electron chi connectivity index (χ4n) is 5.60. The molecule has 2 aliphatic rings. The van der Waals surface area contributed by atoms with Crippen LogP contribution in [0.2, 0.25) is 0 Å². The molecule has 0 radical (unpaired) electrons. The maximum Gasteiger partial charge on any atom is 0.303 e. The second kappa shape index (κ2) is 9.09. The molecule has 8 nitrogen and oxygen atoms in total. The lowest BCUT2D eigenvalue weighted by atomic mass is 9.70. The van der Waals surface area contributed by atoms with Crippen LogP contribution in [0, 0.1) is 11.3 Å². The molecule has 0 amide bonds. The van der Waals surface area contributed by atoms with Crippen molar-refractivity contribution in [1.82, 2.24) is 0 Å². The van der Waals surface area contributed by atoms with Crippen molar-refractivity contribution < 1.29 is 38.0 Å². The van der Waals surface area contributed by atoms with Gasteiger partial charge < -0.3 is 28.4 Å². The van der Waals surface area contributed by atoms with Gasteiger partial charge in [-0.15, -0.1) is 6.58 Å². The Kier molecular flexibility index (Phi) is 6.79. The highest BCUT2D eigenvalue weighted by Crippen LogP contribution is 2.64. The average Bonchev–Trinajstić information content (AvgIpc) is 2.93. The molecule has 1 fully saturated rings. The Hall–Kier alpha value is -3.00. The molecule has 2 bridgehead atoms. The lowest BCUT2D eigenvalue weighted by Crippen LogP contribution is -2.58. The number of esters is 1. The van der Waals surface area contributed by atoms with Gasteiger partial charge in [0.1, 0.15) is 5.76 Å². The quantitative estimate of drug-likeness (QED) is 0.409. The van der Waals surface area contributed by atoms with Crippen LogP contribution in [0.1, 0.15) is 31.7 Å². The highest BCUT2D eigenvalue weighted by Gasteiger charge is 2.73. The van der Waals surface area contributed by atoms with E-state index in [0.29, 0.717) is 29.4 Å². The van der Waals surface area contributed by atoms with Crippen molar-refractivity contribution in [1.29, 1.82) is 0 Å². The highest BCUT2D eigenvalue weighted by atomic mass is 16.6. The number of ketones is 1. The van der Waals surface area contributed by atoms with Gasteiger partial charge in [-0.1, -0.05) is 13.0 Å². The zero-order valence-electron chi connectivity index (χ0n) is 20.2. The Morgan fingerprint density at radius 2 is 1.67 bits per heavy atom. The molecule has 1 aromatic carbocycles. The summed E-state index contributed by atoms with van der Waals surface area (Å²) in [5.74, 6) is 0.163. The SMILES string of the molecule is C=CC[C@]12C=C(OC)[C@@H](OC(C)=O)[C@](OC)(C1=O)[C@@H](c1cc(OC)c(OC)c(OC)c1)[C@@H]2C. The Morgan fingerprint density at radius 1 is 1.06 bits per heavy atom. The first-order valence-electron chi connectivity index (χ1n) is 10.7. The Balaban J connectivity index is 2.36. The summed E-state index contributed by atoms with van der Waals surface area (Å²) in [6, 6.07) is 3.60. The second-order valence-electron chi connectivity index (χ2n) is 8.32. The molecule has 0 heterocycles. The molecule has 0 aliphatic heterocycles. The van der Waals surface area contributed by atoms with Crippen LogP contribution in [-0.2, 0) is 23.8 Å². The smallest absolute Gasteiger partial charge is 0.303 e. The van der Waals surface area contributed by atoms with Crippen LogP contribution < -0.4 is 14.2 Å². The van der Waals surface area contributed by atoms with Crippen molar-refractivity contribution in [2.75, 3.05) is 35.5 Å². The van der Waals surface area contributed by atoms with E-state index >= 15 is 0 Å². The van der Waals surface area contributed by atoms with Crippen molar-refractivity contribution in [3.05, 3.63) is 42.2 Å². The van der Waals surface area contributed by atoms with Crippen molar-refractivity contribution >= 4 is 11.8 Å². The van der Waals surface area contributed by atoms with Crippen LogP contribution in [0.25, 0.3) is 0 Å². The summed E-state index contributed by atoms with van der Waals surface area (Å²) < 4.78 is 33.9. The Morgan fingerprint density at radius 3 is 2.09 bits per heavy atom. The summed E-state index contributed by atoms with van der Waals surface area (Å²) in [5.41, 5.74) is -1.76. The van der Waals surface area contributed by atoms with Crippen molar-refractivity contribution in [3.63, 3.8) is 0 Å². The molecule has 0 saturated heterocycles. The van der Waals surface area contributed by atoms with E-state index in [9.17, 15) is 9.59 Å². The normalized spacial score (nSPS) is 30.3. The van der Waals surface area contributed by atoms with E-state index in [1.54, 1.807) is 24.3 Å². The van der Waals surface area contributed by atoms with Gasteiger partial charge in [-0.3, -0.25) is 9.59 Å². The van der Waals surface area contributed by atoms with Gasteiger partial charge in [0, 0.05) is 20.0 Å². The van der Waals surface area contributed by atoms with Gasteiger partial charge in [0.2, 0.25) is 5.75 Å². The van der Waals surface area contributed by atoms with Gasteiger partial charge in [-0.05, 0) is 36.1 Å². The van der Waals surface area contributed by atoms with Gasteiger partial charge in [-0.2, -0.15) is 0 Å². The molecule has 33 heavy (non-hydrogen) atoms. The van der Waals surface area contributed by atoms with E-state index in [1.807, 2.05) is 6.92 Å². The minimum Gasteiger partial charge on any atom is -0.497 e. The lowest BCUT2D eigenvalue weighted by Gasteiger charge is -2.42. The maximum absolute atomic E-state index is 14.2. The third-order valence-electron chi connectivity index (χ3n) is 6.99. The van der Waals surface area contributed by atoms with Gasteiger partial charge >= 0.3 is 5.97 Å². The van der Waals surface area contributed by atoms with Gasteiger partial charge in [0.05, 0.1) is 33.9 Å². The topological polar surface area (TPSA) is 89.5 Å². The minimum absolute atomic E-state index is 0.185. The van der Waals surface area contributed by atoms with E-state index in [2.05, 4.69) is 6.58 Å². The maximum atomic E-state index is 14.2. The predicted octanol–water partition coefficient (Wildman–Crippen LogP) is 3.44. The van der Waals surface area contributed by atoms with Crippen molar-refractivity contribution in [2.45, 2.75) is 37.9 Å². The van der Waals surface area contributed by atoms with E-state index in [0.717, 1.165) is 5.56 Å². The number of rotatable bonds is 9. The number of allylic oxidation sites excluding steroid dienone is 2. The fourth-order valence-corrected chi connectivity index (χ4v) is 5.60. The number of hydrogen-bond acceptors (Lipinski definition) is 8. The predicted molar refractivity (Wildman–Crippen MR) is 121 cm³/mol. The molecule has 5 atom stereocenters. The first kappa shape index (κ1) is 24.6. The molecule has 0 unspecified atom stereocenters. The number of fused-ring (bicyclic) bond motifs is 2. The third kappa shape index (κ3) is 3.39. The first-order chi connectivity index (χ1) is 15.7. The molecular weight excluding hydrogens is 428 g/mol. The monoisotopic (exact) mass is 460 g/mol. The largest absolute Gasteiger partial charge is 0.497 e. The molecule has 3 rings (SSSR count). The molecule has 0 aromatic heterocycles. The zero-order valence-corrected chi connectivity index (χ0v) is 20.2. The molecule has 1 saturated carbocycles. The molecule has 180 valence electrons. The molecular formula is C25H32O8. The van der Waals surface area contributed by atoms with Crippen molar-refractivity contribution in [3.8, 4) is 17.2 Å². The molecule has 0 N–H and O–H groups in total. The molecule has 1 aromatic rings. The van der Waals surface area contributed by atoms with Crippen molar-refractivity contribution in [2.24, 2.45) is 11.3 Å². The Bertz CT molecular complexity index is 958.